The van der Waals surface area contributed by atoms with Gasteiger partial charge in [0.25, 0.3) is 0 Å². The van der Waals surface area contributed by atoms with E-state index in [1.165, 1.54) is 6.08 Å². The van der Waals surface area contributed by atoms with E-state index >= 15 is 0 Å². The van der Waals surface area contributed by atoms with E-state index in [2.05, 4.69) is 10.3 Å². The van der Waals surface area contributed by atoms with Gasteiger partial charge >= 0.3 is 5.97 Å². The van der Waals surface area contributed by atoms with Gasteiger partial charge in [-0.1, -0.05) is 0 Å². The molecule has 1 aromatic rings. The molecule has 1 amide bonds. The Labute approximate surface area is 98.2 Å². The zero-order valence-corrected chi connectivity index (χ0v) is 9.14. The zero-order valence-electron chi connectivity index (χ0n) is 9.14. The highest BCUT2D eigenvalue weighted by Crippen LogP contribution is 2.21. The van der Waals surface area contributed by atoms with Crippen molar-refractivity contribution in [3.05, 3.63) is 29.5 Å². The molecular weight excluding hydrogens is 220 g/mol. The van der Waals surface area contributed by atoms with Gasteiger partial charge in [0.1, 0.15) is 5.82 Å². The van der Waals surface area contributed by atoms with Crippen LogP contribution in [0.2, 0.25) is 0 Å². The third-order valence-electron chi connectivity index (χ3n) is 2.51. The van der Waals surface area contributed by atoms with E-state index < -0.39 is 5.97 Å². The number of anilines is 1. The Morgan fingerprint density at radius 3 is 3.06 bits per heavy atom. The number of hydrogen-bond donors (Lipinski definition) is 2. The van der Waals surface area contributed by atoms with Crippen LogP contribution in [-0.2, 0) is 16.0 Å². The Morgan fingerprint density at radius 2 is 2.29 bits per heavy atom. The predicted octanol–water partition coefficient (Wildman–Crippen LogP) is 1.45. The van der Waals surface area contributed by atoms with Crippen LogP contribution in [0, 0.1) is 0 Å². The Kier molecular flexibility index (Phi) is 3.18. The molecule has 0 saturated heterocycles. The molecule has 0 spiro atoms. The fraction of sp³-hybridized carbons (Fsp3) is 0.250. The van der Waals surface area contributed by atoms with Crippen molar-refractivity contribution in [1.82, 2.24) is 4.98 Å². The summed E-state index contributed by atoms with van der Waals surface area (Å²) in [6, 6.07) is 1.85. The fourth-order valence-electron chi connectivity index (χ4n) is 1.72. The maximum absolute atomic E-state index is 11.3. The van der Waals surface area contributed by atoms with E-state index in [0.717, 1.165) is 30.0 Å². The molecule has 0 aliphatic carbocycles. The van der Waals surface area contributed by atoms with Crippen LogP contribution in [0.25, 0.3) is 6.08 Å². The largest absolute Gasteiger partial charge is 0.478 e. The van der Waals surface area contributed by atoms with Gasteiger partial charge in [0, 0.05) is 18.7 Å². The van der Waals surface area contributed by atoms with Gasteiger partial charge in [-0.05, 0) is 36.1 Å². The molecule has 0 radical (unpaired) electrons. The fourth-order valence-corrected chi connectivity index (χ4v) is 1.72. The minimum absolute atomic E-state index is 0.0231. The molecule has 0 aromatic carbocycles. The first kappa shape index (κ1) is 11.3. The summed E-state index contributed by atoms with van der Waals surface area (Å²) in [7, 11) is 0. The van der Waals surface area contributed by atoms with E-state index in [-0.39, 0.29) is 5.91 Å². The highest BCUT2D eigenvalue weighted by molar-refractivity contribution is 5.91. The van der Waals surface area contributed by atoms with Gasteiger partial charge in [-0.2, -0.15) is 0 Å². The second-order valence-electron chi connectivity index (χ2n) is 3.85. The lowest BCUT2D eigenvalue weighted by molar-refractivity contribution is -0.131. The van der Waals surface area contributed by atoms with E-state index in [4.69, 9.17) is 5.11 Å². The Bertz CT molecular complexity index is 495. The van der Waals surface area contributed by atoms with Crippen molar-refractivity contribution >= 4 is 23.8 Å². The monoisotopic (exact) mass is 232 g/mol. The van der Waals surface area contributed by atoms with E-state index in [9.17, 15) is 9.59 Å². The summed E-state index contributed by atoms with van der Waals surface area (Å²) < 4.78 is 0. The number of carboxylic acid groups (broad SMARTS) is 1. The number of aromatic nitrogens is 1. The first-order valence-electron chi connectivity index (χ1n) is 5.35. The average molecular weight is 232 g/mol. The summed E-state index contributed by atoms with van der Waals surface area (Å²) in [6.45, 7) is 0. The Balaban J connectivity index is 2.27. The van der Waals surface area contributed by atoms with Gasteiger partial charge in [-0.25, -0.2) is 9.78 Å². The normalized spacial score (nSPS) is 15.2. The number of fused-ring (bicyclic) bond motifs is 1. The molecule has 2 N–H and O–H groups in total. The third kappa shape index (κ3) is 2.90. The van der Waals surface area contributed by atoms with E-state index in [1.54, 1.807) is 6.20 Å². The molecule has 5 nitrogen and oxygen atoms in total. The molecule has 2 rings (SSSR count). The van der Waals surface area contributed by atoms with Crippen LogP contribution < -0.4 is 5.32 Å². The van der Waals surface area contributed by atoms with Crippen molar-refractivity contribution < 1.29 is 14.7 Å². The number of carbonyl (C=O) groups is 2. The number of rotatable bonds is 2. The minimum atomic E-state index is -0.992. The number of amides is 1. The van der Waals surface area contributed by atoms with Gasteiger partial charge in [0.05, 0.1) is 0 Å². The summed E-state index contributed by atoms with van der Waals surface area (Å²) in [5.41, 5.74) is 1.67. The van der Waals surface area contributed by atoms with Crippen LogP contribution in [0.4, 0.5) is 5.82 Å². The summed E-state index contributed by atoms with van der Waals surface area (Å²) >= 11 is 0. The summed E-state index contributed by atoms with van der Waals surface area (Å²) in [6.07, 6.45) is 6.16. The van der Waals surface area contributed by atoms with Gasteiger partial charge < -0.3 is 10.4 Å². The average Bonchev–Trinajstić information content (AvgIpc) is 2.46. The molecule has 0 fully saturated rings. The van der Waals surface area contributed by atoms with Gasteiger partial charge in [0.2, 0.25) is 5.91 Å². The van der Waals surface area contributed by atoms with Crippen LogP contribution in [-0.4, -0.2) is 22.0 Å². The topological polar surface area (TPSA) is 79.3 Å². The highest BCUT2D eigenvalue weighted by Gasteiger charge is 2.13. The maximum atomic E-state index is 11.3. The molecule has 1 aliphatic heterocycles. The quantitative estimate of drug-likeness (QED) is 0.756. The summed E-state index contributed by atoms with van der Waals surface area (Å²) in [4.78, 5) is 25.8. The Hall–Kier alpha value is -2.17. The SMILES string of the molecule is O=C(O)/C=C/c1cnc2c(c1)CCCC(=O)N2. The number of nitrogens with one attached hydrogen (secondary N) is 1. The highest BCUT2D eigenvalue weighted by atomic mass is 16.4. The number of nitrogens with zero attached hydrogens (tertiary/aromatic N) is 1. The zero-order chi connectivity index (χ0) is 12.3. The maximum Gasteiger partial charge on any atom is 0.328 e. The number of pyridine rings is 1. The molecule has 0 unspecified atom stereocenters. The molecule has 5 heteroatoms. The van der Waals surface area contributed by atoms with Crippen molar-refractivity contribution in [2.24, 2.45) is 0 Å². The molecule has 2 heterocycles. The smallest absolute Gasteiger partial charge is 0.328 e. The Morgan fingerprint density at radius 1 is 1.47 bits per heavy atom. The lowest BCUT2D eigenvalue weighted by Gasteiger charge is -2.05. The van der Waals surface area contributed by atoms with Crippen molar-refractivity contribution in [3.63, 3.8) is 0 Å². The molecule has 0 saturated carbocycles. The van der Waals surface area contributed by atoms with Crippen LogP contribution in [0.1, 0.15) is 24.0 Å². The van der Waals surface area contributed by atoms with Crippen LogP contribution in [0.5, 0.6) is 0 Å². The van der Waals surface area contributed by atoms with E-state index in [1.807, 2.05) is 6.07 Å². The number of carboxylic acids is 1. The predicted molar refractivity (Wildman–Crippen MR) is 62.5 cm³/mol. The van der Waals surface area contributed by atoms with Crippen LogP contribution in [0.3, 0.4) is 0 Å². The molecule has 17 heavy (non-hydrogen) atoms. The molecule has 88 valence electrons. The van der Waals surface area contributed by atoms with Crippen molar-refractivity contribution in [2.75, 3.05) is 5.32 Å². The molecule has 0 bridgehead atoms. The van der Waals surface area contributed by atoms with Crippen molar-refractivity contribution in [3.8, 4) is 0 Å². The summed E-state index contributed by atoms with van der Waals surface area (Å²) in [5, 5.41) is 11.3. The van der Waals surface area contributed by atoms with Gasteiger partial charge in [-0.3, -0.25) is 4.79 Å². The number of aryl methyl sites for hydroxylation is 1. The molecule has 1 aromatic heterocycles. The summed E-state index contributed by atoms with van der Waals surface area (Å²) in [5.74, 6) is -0.432. The standard InChI is InChI=1S/C12H12N2O3/c15-10-3-1-2-9-6-8(4-5-11(16)17)7-13-12(9)14-10/h4-7H,1-3H2,(H,16,17)(H,13,14,15)/b5-4+. The number of aliphatic carboxylic acids is 1. The van der Waals surface area contributed by atoms with Crippen LogP contribution in [0.15, 0.2) is 18.3 Å². The van der Waals surface area contributed by atoms with E-state index in [0.29, 0.717) is 12.2 Å². The lowest BCUT2D eigenvalue weighted by Crippen LogP contribution is -2.10. The molecular formula is C12H12N2O3. The van der Waals surface area contributed by atoms with Gasteiger partial charge in [0.15, 0.2) is 0 Å². The number of carbonyl (C=O) groups excluding carboxylic acids is 1. The second-order valence-corrected chi connectivity index (χ2v) is 3.85. The second kappa shape index (κ2) is 4.78. The number of hydrogen-bond acceptors (Lipinski definition) is 3. The van der Waals surface area contributed by atoms with Crippen molar-refractivity contribution in [2.45, 2.75) is 19.3 Å². The van der Waals surface area contributed by atoms with Crippen LogP contribution >= 0.6 is 0 Å². The third-order valence-corrected chi connectivity index (χ3v) is 2.51. The van der Waals surface area contributed by atoms with Crippen molar-refractivity contribution in [1.29, 1.82) is 0 Å². The first-order valence-corrected chi connectivity index (χ1v) is 5.35. The lowest BCUT2D eigenvalue weighted by atomic mass is 10.1. The minimum Gasteiger partial charge on any atom is -0.478 e. The molecule has 0 atom stereocenters. The van der Waals surface area contributed by atoms with Gasteiger partial charge in [-0.15, -0.1) is 0 Å². The molecule has 1 aliphatic rings. The first-order chi connectivity index (χ1) is 8.15.